The Labute approximate surface area is 292 Å². The van der Waals surface area contributed by atoms with Crippen LogP contribution in [0.1, 0.15) is 25.0 Å². The molecule has 0 amide bonds. The molecule has 10 rings (SSSR count). The maximum atomic E-state index is 2.51. The van der Waals surface area contributed by atoms with E-state index in [1.807, 2.05) is 0 Å². The summed E-state index contributed by atoms with van der Waals surface area (Å²) in [6, 6.07) is 60.9. The maximum absolute atomic E-state index is 2.51. The van der Waals surface area contributed by atoms with Gasteiger partial charge in [-0.05, 0) is 0 Å². The van der Waals surface area contributed by atoms with E-state index in [1.54, 1.807) is 0 Å². The summed E-state index contributed by atoms with van der Waals surface area (Å²) in [5, 5.41) is 8.12. The number of hydrogen-bond acceptors (Lipinski definition) is 1. The van der Waals surface area contributed by atoms with E-state index in [-0.39, 0.29) is 19.9 Å². The molecular formula is C47H33NSe. The number of anilines is 3. The van der Waals surface area contributed by atoms with Gasteiger partial charge < -0.3 is 0 Å². The molecule has 1 aliphatic rings. The second-order valence-corrected chi connectivity index (χ2v) is 15.9. The zero-order chi connectivity index (χ0) is 32.7. The summed E-state index contributed by atoms with van der Waals surface area (Å²) in [5.74, 6) is 0. The third-order valence-corrected chi connectivity index (χ3v) is 13.3. The Balaban J connectivity index is 1.23. The molecule has 2 heteroatoms. The van der Waals surface area contributed by atoms with Crippen molar-refractivity contribution in [1.82, 2.24) is 0 Å². The Morgan fingerprint density at radius 2 is 1.10 bits per heavy atom. The van der Waals surface area contributed by atoms with Gasteiger partial charge in [0.15, 0.2) is 0 Å². The molecule has 232 valence electrons. The van der Waals surface area contributed by atoms with Crippen LogP contribution in [0.3, 0.4) is 0 Å². The van der Waals surface area contributed by atoms with Crippen molar-refractivity contribution in [3.63, 3.8) is 0 Å². The molecule has 1 aliphatic carbocycles. The normalized spacial score (nSPS) is 13.3. The van der Waals surface area contributed by atoms with Gasteiger partial charge in [-0.15, -0.1) is 0 Å². The van der Waals surface area contributed by atoms with Crippen molar-refractivity contribution in [3.05, 3.63) is 175 Å². The van der Waals surface area contributed by atoms with E-state index in [2.05, 4.69) is 183 Å². The van der Waals surface area contributed by atoms with Crippen molar-refractivity contribution < 1.29 is 0 Å². The van der Waals surface area contributed by atoms with Gasteiger partial charge in [0.1, 0.15) is 0 Å². The monoisotopic (exact) mass is 691 g/mol. The fourth-order valence-corrected chi connectivity index (χ4v) is 11.1. The van der Waals surface area contributed by atoms with E-state index in [9.17, 15) is 0 Å². The molecule has 8 aromatic carbocycles. The van der Waals surface area contributed by atoms with Gasteiger partial charge in [0.05, 0.1) is 0 Å². The number of fused-ring (bicyclic) bond motifs is 10. The van der Waals surface area contributed by atoms with E-state index in [4.69, 9.17) is 0 Å². The van der Waals surface area contributed by atoms with Crippen LogP contribution < -0.4 is 4.90 Å². The van der Waals surface area contributed by atoms with E-state index >= 15 is 0 Å². The Bertz CT molecular complexity index is 2730. The van der Waals surface area contributed by atoms with E-state index in [0.717, 1.165) is 0 Å². The molecular weight excluding hydrogens is 657 g/mol. The second kappa shape index (κ2) is 10.8. The molecule has 9 aromatic rings. The second-order valence-electron chi connectivity index (χ2n) is 13.7. The van der Waals surface area contributed by atoms with Crippen molar-refractivity contribution in [2.75, 3.05) is 4.90 Å². The predicted molar refractivity (Wildman–Crippen MR) is 211 cm³/mol. The quantitative estimate of drug-likeness (QED) is 0.131. The van der Waals surface area contributed by atoms with Gasteiger partial charge in [0.2, 0.25) is 0 Å². The summed E-state index contributed by atoms with van der Waals surface area (Å²) in [5.41, 5.74) is 11.5. The molecule has 0 bridgehead atoms. The molecule has 0 aliphatic heterocycles. The van der Waals surface area contributed by atoms with Crippen molar-refractivity contribution in [2.45, 2.75) is 19.3 Å². The molecule has 0 radical (unpaired) electrons. The average Bonchev–Trinajstić information content (AvgIpc) is 3.65. The summed E-state index contributed by atoms with van der Waals surface area (Å²) in [6.07, 6.45) is 0. The molecule has 0 saturated carbocycles. The van der Waals surface area contributed by atoms with Crippen LogP contribution in [-0.4, -0.2) is 14.5 Å². The van der Waals surface area contributed by atoms with Crippen LogP contribution in [0, 0.1) is 0 Å². The van der Waals surface area contributed by atoms with Gasteiger partial charge in [-0.25, -0.2) is 0 Å². The molecule has 0 fully saturated rings. The summed E-state index contributed by atoms with van der Waals surface area (Å²) in [7, 11) is 0. The third kappa shape index (κ3) is 4.31. The third-order valence-electron chi connectivity index (χ3n) is 10.6. The molecule has 0 spiro atoms. The van der Waals surface area contributed by atoms with Crippen LogP contribution >= 0.6 is 0 Å². The molecule has 0 unspecified atom stereocenters. The van der Waals surface area contributed by atoms with Crippen molar-refractivity contribution in [1.29, 1.82) is 0 Å². The molecule has 1 heterocycles. The van der Waals surface area contributed by atoms with Crippen molar-refractivity contribution >= 4 is 72.4 Å². The fourth-order valence-electron chi connectivity index (χ4n) is 8.21. The zero-order valence-electron chi connectivity index (χ0n) is 27.4. The standard InChI is InChI=1S/C47H33NSe/c1-47(2)41-17-9-8-15-37(41)40-29-35(26-28-42(40)47)48(34-24-21-31(22-25-34)30-11-4-3-5-12-30)43-18-10-16-38-39-27-23-33-20-19-32-13-6-7-14-36(32)44(33)46(39)49-45(38)43/h3-29H,1-2H3. The summed E-state index contributed by atoms with van der Waals surface area (Å²) < 4.78 is 2.94. The first kappa shape index (κ1) is 28.6. The Morgan fingerprint density at radius 1 is 0.449 bits per heavy atom. The van der Waals surface area contributed by atoms with Crippen LogP contribution in [0.25, 0.3) is 63.1 Å². The number of nitrogens with zero attached hydrogens (tertiary/aromatic N) is 1. The first-order chi connectivity index (χ1) is 24.1. The van der Waals surface area contributed by atoms with E-state index in [0.29, 0.717) is 0 Å². The SMILES string of the molecule is CC1(C)c2ccccc2-c2cc(N(c3ccc(-c4ccccc4)cc3)c3cccc4c3[se]c3c4ccc4ccc5ccccc5c43)ccc21. The van der Waals surface area contributed by atoms with Gasteiger partial charge in [0.25, 0.3) is 0 Å². The van der Waals surface area contributed by atoms with Gasteiger partial charge >= 0.3 is 294 Å². The summed E-state index contributed by atoms with van der Waals surface area (Å²) >= 11 is 0.123. The molecule has 1 aromatic heterocycles. The first-order valence-electron chi connectivity index (χ1n) is 17.0. The zero-order valence-corrected chi connectivity index (χ0v) is 29.2. The minimum atomic E-state index is -0.0325. The van der Waals surface area contributed by atoms with Crippen LogP contribution in [0.4, 0.5) is 17.1 Å². The van der Waals surface area contributed by atoms with Gasteiger partial charge in [-0.2, -0.15) is 0 Å². The molecule has 1 nitrogen and oxygen atoms in total. The van der Waals surface area contributed by atoms with Crippen LogP contribution in [-0.2, 0) is 5.41 Å². The van der Waals surface area contributed by atoms with Crippen LogP contribution in [0.5, 0.6) is 0 Å². The minimum absolute atomic E-state index is 0.0325. The molecule has 0 atom stereocenters. The topological polar surface area (TPSA) is 3.24 Å². The first-order valence-corrected chi connectivity index (χ1v) is 18.7. The number of rotatable bonds is 4. The van der Waals surface area contributed by atoms with Crippen molar-refractivity contribution in [3.8, 4) is 22.3 Å². The Morgan fingerprint density at radius 3 is 1.98 bits per heavy atom. The Hall–Kier alpha value is -5.40. The van der Waals surface area contributed by atoms with Crippen LogP contribution in [0.15, 0.2) is 164 Å². The number of hydrogen-bond donors (Lipinski definition) is 0. The van der Waals surface area contributed by atoms with Crippen molar-refractivity contribution in [2.24, 2.45) is 0 Å². The predicted octanol–water partition coefficient (Wildman–Crippen LogP) is 12.8. The van der Waals surface area contributed by atoms with Crippen LogP contribution in [0.2, 0.25) is 0 Å². The molecule has 0 saturated heterocycles. The molecule has 49 heavy (non-hydrogen) atoms. The molecule has 0 N–H and O–H groups in total. The van der Waals surface area contributed by atoms with E-state index < -0.39 is 0 Å². The average molecular weight is 691 g/mol. The van der Waals surface area contributed by atoms with Gasteiger partial charge in [0, 0.05) is 0 Å². The number of benzene rings is 8. The van der Waals surface area contributed by atoms with Gasteiger partial charge in [-0.3, -0.25) is 0 Å². The fraction of sp³-hybridized carbons (Fsp3) is 0.0638. The van der Waals surface area contributed by atoms with Gasteiger partial charge in [-0.1, -0.05) is 0 Å². The van der Waals surface area contributed by atoms with E-state index in [1.165, 1.54) is 91.3 Å². The Kier molecular flexibility index (Phi) is 6.31. The summed E-state index contributed by atoms with van der Waals surface area (Å²) in [6.45, 7) is 4.71. The summed E-state index contributed by atoms with van der Waals surface area (Å²) in [4.78, 5) is 2.51.